The minimum atomic E-state index is -0.167. The zero-order valence-electron chi connectivity index (χ0n) is 3.84. The number of aliphatic hydroxyl groups excluding tert-OH is 1. The fraction of sp³-hybridized carbons (Fsp3) is 1.00. The molecule has 0 aromatic rings. The Bertz CT molecular complexity index is 17.7. The topological polar surface area (TPSA) is 20.2 Å². The Balaban J connectivity index is -0.0000000150. The van der Waals surface area contributed by atoms with Gasteiger partial charge >= 0.3 is 0 Å². The molecule has 0 amide bonds. The van der Waals surface area contributed by atoms with Crippen LogP contribution >= 0.6 is 24.8 Å². The molecule has 0 fully saturated rings. The molecule has 0 aliphatic heterocycles. The smallest absolute Gasteiger partial charge is 0.187 e. The van der Waals surface area contributed by atoms with Gasteiger partial charge in [0.1, 0.15) is 0 Å². The van der Waals surface area contributed by atoms with Crippen molar-refractivity contribution in [3.8, 4) is 0 Å². The minimum Gasteiger partial charge on any atom is -0.394 e. The highest BCUT2D eigenvalue weighted by Gasteiger charge is 1.69. The lowest BCUT2D eigenvalue weighted by atomic mass is 10.5. The summed E-state index contributed by atoms with van der Waals surface area (Å²) >= 11 is 0. The molecular formula is C3H13AlCl2O. The first-order chi connectivity index (χ1) is 1.73. The molecule has 1 nitrogen and oxygen atoms in total. The SMILES string of the molecule is CC(C)O.Cl.Cl.[AlH3]. The van der Waals surface area contributed by atoms with Crippen LogP contribution in [0.25, 0.3) is 0 Å². The first-order valence-electron chi connectivity index (χ1n) is 1.41. The maximum absolute atomic E-state index is 8.06. The average molecular weight is 163 g/mol. The van der Waals surface area contributed by atoms with E-state index in [0.29, 0.717) is 0 Å². The second-order valence-electron chi connectivity index (χ2n) is 1.09. The Hall–Kier alpha value is 1.07. The monoisotopic (exact) mass is 162 g/mol. The summed E-state index contributed by atoms with van der Waals surface area (Å²) in [6.45, 7) is 3.44. The van der Waals surface area contributed by atoms with Crippen LogP contribution in [0, 0.1) is 0 Å². The zero-order valence-corrected chi connectivity index (χ0v) is 5.47. The molecule has 48 valence electrons. The molecule has 0 aromatic heterocycles. The number of halogens is 2. The summed E-state index contributed by atoms with van der Waals surface area (Å²) in [5.41, 5.74) is 0. The van der Waals surface area contributed by atoms with E-state index in [1.54, 1.807) is 13.8 Å². The third kappa shape index (κ3) is 158. The van der Waals surface area contributed by atoms with Crippen LogP contribution < -0.4 is 0 Å². The fourth-order valence-corrected chi connectivity index (χ4v) is 0. The molecule has 0 heterocycles. The minimum absolute atomic E-state index is 0. The summed E-state index contributed by atoms with van der Waals surface area (Å²) in [5.74, 6) is 0. The summed E-state index contributed by atoms with van der Waals surface area (Å²) in [7, 11) is 0. The number of hydrogen-bond donors (Lipinski definition) is 1. The van der Waals surface area contributed by atoms with Crippen LogP contribution in [0.2, 0.25) is 0 Å². The molecule has 1 N–H and O–H groups in total. The van der Waals surface area contributed by atoms with Crippen LogP contribution in [-0.4, -0.2) is 28.6 Å². The maximum Gasteiger partial charge on any atom is 0.187 e. The molecule has 0 radical (unpaired) electrons. The Morgan fingerprint density at radius 3 is 1.14 bits per heavy atom. The Kier molecular flexibility index (Phi) is 54.7. The standard InChI is InChI=1S/C3H8O.Al.2ClH.3H/c1-3(2)4;;;;;;/h3-4H,1-2H3;;2*1H;;;. The molecule has 0 rings (SSSR count). The lowest BCUT2D eigenvalue weighted by molar-refractivity contribution is 0.216. The molecule has 0 atom stereocenters. The van der Waals surface area contributed by atoms with E-state index in [9.17, 15) is 0 Å². The zero-order chi connectivity index (χ0) is 3.58. The van der Waals surface area contributed by atoms with Crippen molar-refractivity contribution >= 4 is 42.2 Å². The van der Waals surface area contributed by atoms with E-state index in [1.165, 1.54) is 0 Å². The van der Waals surface area contributed by atoms with Gasteiger partial charge < -0.3 is 5.11 Å². The van der Waals surface area contributed by atoms with Crippen molar-refractivity contribution in [2.24, 2.45) is 0 Å². The van der Waals surface area contributed by atoms with E-state index >= 15 is 0 Å². The van der Waals surface area contributed by atoms with Crippen molar-refractivity contribution in [1.29, 1.82) is 0 Å². The van der Waals surface area contributed by atoms with Gasteiger partial charge in [-0.25, -0.2) is 0 Å². The number of aliphatic hydroxyl groups is 1. The van der Waals surface area contributed by atoms with E-state index < -0.39 is 0 Å². The second kappa shape index (κ2) is 15.7. The lowest BCUT2D eigenvalue weighted by Gasteiger charge is -1.80. The molecule has 0 aromatic carbocycles. The van der Waals surface area contributed by atoms with E-state index in [2.05, 4.69) is 0 Å². The van der Waals surface area contributed by atoms with Crippen molar-refractivity contribution in [3.63, 3.8) is 0 Å². The predicted molar refractivity (Wildman–Crippen MR) is 41.8 cm³/mol. The highest BCUT2D eigenvalue weighted by Crippen LogP contribution is 1.65. The number of hydrogen-bond acceptors (Lipinski definition) is 1. The summed E-state index contributed by atoms with van der Waals surface area (Å²) < 4.78 is 0. The van der Waals surface area contributed by atoms with Crippen molar-refractivity contribution in [3.05, 3.63) is 0 Å². The van der Waals surface area contributed by atoms with Gasteiger partial charge in [0.2, 0.25) is 0 Å². The van der Waals surface area contributed by atoms with Gasteiger partial charge in [0.15, 0.2) is 17.4 Å². The summed E-state index contributed by atoms with van der Waals surface area (Å²) in [6, 6.07) is 0. The summed E-state index contributed by atoms with van der Waals surface area (Å²) in [4.78, 5) is 0. The van der Waals surface area contributed by atoms with Crippen molar-refractivity contribution in [2.45, 2.75) is 20.0 Å². The molecule has 0 unspecified atom stereocenters. The first kappa shape index (κ1) is 24.3. The Labute approximate surface area is 67.4 Å². The first-order valence-corrected chi connectivity index (χ1v) is 1.41. The molecule has 0 saturated heterocycles. The quantitative estimate of drug-likeness (QED) is 0.500. The maximum atomic E-state index is 8.06. The van der Waals surface area contributed by atoms with Gasteiger partial charge in [0.05, 0.1) is 0 Å². The molecule has 0 bridgehead atoms. The van der Waals surface area contributed by atoms with Gasteiger partial charge in [0, 0.05) is 6.10 Å². The highest BCUT2D eigenvalue weighted by atomic mass is 35.5. The molecule has 0 saturated carbocycles. The number of rotatable bonds is 0. The van der Waals surface area contributed by atoms with E-state index in [4.69, 9.17) is 5.11 Å². The van der Waals surface area contributed by atoms with Gasteiger partial charge in [0.25, 0.3) is 0 Å². The third-order valence-electron chi connectivity index (χ3n) is 0. The fourth-order valence-electron chi connectivity index (χ4n) is 0. The highest BCUT2D eigenvalue weighted by molar-refractivity contribution is 5.85. The van der Waals surface area contributed by atoms with Gasteiger partial charge in [-0.05, 0) is 13.8 Å². The summed E-state index contributed by atoms with van der Waals surface area (Å²) in [6.07, 6.45) is -0.167. The normalized spacial score (nSPS) is 5.14. The van der Waals surface area contributed by atoms with Crippen LogP contribution in [0.3, 0.4) is 0 Å². The van der Waals surface area contributed by atoms with Crippen LogP contribution in [0.4, 0.5) is 0 Å². The van der Waals surface area contributed by atoms with Gasteiger partial charge in [-0.15, -0.1) is 24.8 Å². The molecule has 0 aliphatic rings. The second-order valence-corrected chi connectivity index (χ2v) is 1.09. The van der Waals surface area contributed by atoms with Crippen LogP contribution in [0.1, 0.15) is 13.8 Å². The van der Waals surface area contributed by atoms with Gasteiger partial charge in [-0.3, -0.25) is 0 Å². The summed E-state index contributed by atoms with van der Waals surface area (Å²) in [5, 5.41) is 8.06. The molecular weight excluding hydrogens is 150 g/mol. The van der Waals surface area contributed by atoms with Gasteiger partial charge in [-0.1, -0.05) is 0 Å². The molecule has 4 heteroatoms. The van der Waals surface area contributed by atoms with E-state index in [1.807, 2.05) is 0 Å². The average Bonchev–Trinajstić information content (AvgIpc) is 0.811. The van der Waals surface area contributed by atoms with Crippen molar-refractivity contribution in [2.75, 3.05) is 0 Å². The van der Waals surface area contributed by atoms with E-state index in [-0.39, 0.29) is 48.3 Å². The van der Waals surface area contributed by atoms with Crippen LogP contribution in [0.5, 0.6) is 0 Å². The Morgan fingerprint density at radius 1 is 1.14 bits per heavy atom. The lowest BCUT2D eigenvalue weighted by Crippen LogP contribution is -1.85. The van der Waals surface area contributed by atoms with E-state index in [0.717, 1.165) is 0 Å². The predicted octanol–water partition coefficient (Wildman–Crippen LogP) is 0.0468. The Morgan fingerprint density at radius 2 is 1.14 bits per heavy atom. The molecule has 0 spiro atoms. The molecule has 7 heavy (non-hydrogen) atoms. The van der Waals surface area contributed by atoms with Crippen molar-refractivity contribution in [1.82, 2.24) is 0 Å². The van der Waals surface area contributed by atoms with Crippen LogP contribution in [0.15, 0.2) is 0 Å². The third-order valence-corrected chi connectivity index (χ3v) is 0. The van der Waals surface area contributed by atoms with Crippen molar-refractivity contribution < 1.29 is 5.11 Å². The van der Waals surface area contributed by atoms with Gasteiger partial charge in [-0.2, -0.15) is 0 Å². The largest absolute Gasteiger partial charge is 0.394 e. The molecule has 0 aliphatic carbocycles. The van der Waals surface area contributed by atoms with Crippen LogP contribution in [-0.2, 0) is 0 Å².